The highest BCUT2D eigenvalue weighted by molar-refractivity contribution is 6.02. The Morgan fingerprint density at radius 3 is 2.82 bits per heavy atom. The fraction of sp³-hybridized carbons (Fsp3) is 0.353. The number of rotatable bonds is 5. The molecule has 114 valence electrons. The molecule has 0 aliphatic heterocycles. The smallest absolute Gasteiger partial charge is 0.219 e. The van der Waals surface area contributed by atoms with E-state index < -0.39 is 0 Å². The van der Waals surface area contributed by atoms with Gasteiger partial charge >= 0.3 is 0 Å². The molecule has 5 heteroatoms. The molecule has 5 nitrogen and oxygen atoms in total. The van der Waals surface area contributed by atoms with Crippen LogP contribution in [0.5, 0.6) is 0 Å². The predicted octanol–water partition coefficient (Wildman–Crippen LogP) is 3.11. The van der Waals surface area contributed by atoms with E-state index in [0.717, 1.165) is 40.6 Å². The van der Waals surface area contributed by atoms with Crippen molar-refractivity contribution in [2.45, 2.75) is 39.2 Å². The first-order chi connectivity index (χ1) is 10.6. The molecule has 0 spiro atoms. The molecule has 2 aromatic heterocycles. The first kappa shape index (κ1) is 14.5. The van der Waals surface area contributed by atoms with Crippen LogP contribution >= 0.6 is 0 Å². The van der Waals surface area contributed by atoms with Crippen molar-refractivity contribution in [2.75, 3.05) is 0 Å². The first-order valence-corrected chi connectivity index (χ1v) is 7.62. The van der Waals surface area contributed by atoms with Crippen molar-refractivity contribution in [1.29, 1.82) is 0 Å². The van der Waals surface area contributed by atoms with E-state index in [-0.39, 0.29) is 11.9 Å². The highest BCUT2D eigenvalue weighted by atomic mass is 16.1. The fourth-order valence-electron chi connectivity index (χ4n) is 3.18. The van der Waals surface area contributed by atoms with Crippen LogP contribution in [0.3, 0.4) is 0 Å². The SMILES string of the molecule is CCCC(CC(N)=O)n1c(C)nc2cnc3ccccc3c21. The van der Waals surface area contributed by atoms with Gasteiger partial charge in [-0.25, -0.2) is 4.98 Å². The molecule has 1 atom stereocenters. The van der Waals surface area contributed by atoms with Crippen molar-refractivity contribution in [1.82, 2.24) is 14.5 Å². The Morgan fingerprint density at radius 1 is 1.32 bits per heavy atom. The minimum atomic E-state index is -0.280. The molecule has 0 aliphatic carbocycles. The monoisotopic (exact) mass is 296 g/mol. The van der Waals surface area contributed by atoms with Crippen LogP contribution in [0.4, 0.5) is 0 Å². The van der Waals surface area contributed by atoms with Gasteiger partial charge in [0.25, 0.3) is 0 Å². The van der Waals surface area contributed by atoms with E-state index in [9.17, 15) is 4.79 Å². The van der Waals surface area contributed by atoms with Gasteiger partial charge in [-0.15, -0.1) is 0 Å². The number of nitrogens with two attached hydrogens (primary N) is 1. The number of carbonyl (C=O) groups is 1. The third-order valence-electron chi connectivity index (χ3n) is 4.02. The quantitative estimate of drug-likeness (QED) is 0.786. The lowest BCUT2D eigenvalue weighted by atomic mass is 10.1. The third-order valence-corrected chi connectivity index (χ3v) is 4.02. The van der Waals surface area contributed by atoms with Crippen molar-refractivity contribution < 1.29 is 4.79 Å². The molecule has 2 heterocycles. The van der Waals surface area contributed by atoms with Gasteiger partial charge in [0.05, 0.1) is 17.2 Å². The summed E-state index contributed by atoms with van der Waals surface area (Å²) in [4.78, 5) is 20.6. The zero-order chi connectivity index (χ0) is 15.7. The van der Waals surface area contributed by atoms with Crippen LogP contribution in [0.15, 0.2) is 30.5 Å². The Morgan fingerprint density at radius 2 is 2.09 bits per heavy atom. The number of aromatic nitrogens is 3. The van der Waals surface area contributed by atoms with Crippen LogP contribution in [-0.4, -0.2) is 20.4 Å². The summed E-state index contributed by atoms with van der Waals surface area (Å²) < 4.78 is 2.16. The summed E-state index contributed by atoms with van der Waals surface area (Å²) >= 11 is 0. The van der Waals surface area contributed by atoms with E-state index in [0.29, 0.717) is 6.42 Å². The number of aryl methyl sites for hydroxylation is 1. The molecule has 2 N–H and O–H groups in total. The maximum Gasteiger partial charge on any atom is 0.219 e. The summed E-state index contributed by atoms with van der Waals surface area (Å²) in [5, 5.41) is 1.06. The van der Waals surface area contributed by atoms with Gasteiger partial charge in [0, 0.05) is 17.8 Å². The lowest BCUT2D eigenvalue weighted by Crippen LogP contribution is -2.20. The molecular weight excluding hydrogens is 276 g/mol. The van der Waals surface area contributed by atoms with Gasteiger partial charge in [-0.1, -0.05) is 31.5 Å². The maximum absolute atomic E-state index is 11.5. The number of primary amides is 1. The van der Waals surface area contributed by atoms with Crippen LogP contribution in [0.1, 0.15) is 38.1 Å². The van der Waals surface area contributed by atoms with Crippen LogP contribution in [-0.2, 0) is 4.79 Å². The van der Waals surface area contributed by atoms with E-state index in [2.05, 4.69) is 27.5 Å². The molecule has 1 unspecified atom stereocenters. The number of carbonyl (C=O) groups excluding carboxylic acids is 1. The number of amides is 1. The van der Waals surface area contributed by atoms with Crippen molar-refractivity contribution in [2.24, 2.45) is 5.73 Å². The Balaban J connectivity index is 2.28. The van der Waals surface area contributed by atoms with Gasteiger partial charge in [-0.05, 0) is 19.4 Å². The highest BCUT2D eigenvalue weighted by Crippen LogP contribution is 2.30. The molecule has 22 heavy (non-hydrogen) atoms. The topological polar surface area (TPSA) is 73.8 Å². The van der Waals surface area contributed by atoms with Gasteiger partial charge in [0.2, 0.25) is 5.91 Å². The lowest BCUT2D eigenvalue weighted by molar-refractivity contribution is -0.118. The van der Waals surface area contributed by atoms with Crippen LogP contribution < -0.4 is 5.73 Å². The van der Waals surface area contributed by atoms with Crippen LogP contribution in [0.2, 0.25) is 0 Å². The van der Waals surface area contributed by atoms with Gasteiger partial charge in [-0.3, -0.25) is 9.78 Å². The maximum atomic E-state index is 11.5. The average molecular weight is 296 g/mol. The summed E-state index contributed by atoms with van der Waals surface area (Å²) in [6, 6.07) is 8.05. The van der Waals surface area contributed by atoms with E-state index in [4.69, 9.17) is 5.73 Å². The second-order valence-corrected chi connectivity index (χ2v) is 5.65. The standard InChI is InChI=1S/C17H20N4O/c1-3-6-12(9-16(18)22)21-11(2)20-15-10-19-14-8-5-4-7-13(14)17(15)21/h4-5,7-8,10,12H,3,6,9H2,1-2H3,(H2,18,22). The van der Waals surface area contributed by atoms with Crippen molar-refractivity contribution in [3.8, 4) is 0 Å². The summed E-state index contributed by atoms with van der Waals surface area (Å²) in [7, 11) is 0. The zero-order valence-corrected chi connectivity index (χ0v) is 12.9. The van der Waals surface area contributed by atoms with E-state index >= 15 is 0 Å². The lowest BCUT2D eigenvalue weighted by Gasteiger charge is -2.19. The molecule has 0 bridgehead atoms. The minimum Gasteiger partial charge on any atom is -0.370 e. The Bertz CT molecular complexity index is 837. The van der Waals surface area contributed by atoms with Crippen molar-refractivity contribution in [3.63, 3.8) is 0 Å². The molecule has 0 aliphatic rings. The van der Waals surface area contributed by atoms with Crippen LogP contribution in [0.25, 0.3) is 21.9 Å². The van der Waals surface area contributed by atoms with Gasteiger partial charge < -0.3 is 10.3 Å². The summed E-state index contributed by atoms with van der Waals surface area (Å²) in [6.07, 6.45) is 4.01. The largest absolute Gasteiger partial charge is 0.370 e. The molecular formula is C17H20N4O. The predicted molar refractivity (Wildman–Crippen MR) is 87.5 cm³/mol. The summed E-state index contributed by atoms with van der Waals surface area (Å²) in [6.45, 7) is 4.08. The van der Waals surface area contributed by atoms with Crippen molar-refractivity contribution >= 4 is 27.8 Å². The van der Waals surface area contributed by atoms with Crippen LogP contribution in [0, 0.1) is 6.92 Å². The number of para-hydroxylation sites is 1. The molecule has 3 aromatic rings. The second-order valence-electron chi connectivity index (χ2n) is 5.65. The third kappa shape index (κ3) is 2.43. The summed E-state index contributed by atoms with van der Waals surface area (Å²) in [5.74, 6) is 0.617. The normalized spacial score (nSPS) is 12.8. The zero-order valence-electron chi connectivity index (χ0n) is 12.9. The number of fused-ring (bicyclic) bond motifs is 3. The van der Waals surface area contributed by atoms with Gasteiger partial charge in [-0.2, -0.15) is 0 Å². The summed E-state index contributed by atoms with van der Waals surface area (Å²) in [5.41, 5.74) is 8.29. The molecule has 0 radical (unpaired) electrons. The second kappa shape index (κ2) is 5.75. The Labute approximate surface area is 129 Å². The Hall–Kier alpha value is -2.43. The molecule has 3 rings (SSSR count). The highest BCUT2D eigenvalue weighted by Gasteiger charge is 2.20. The number of hydrogen-bond acceptors (Lipinski definition) is 3. The molecule has 0 fully saturated rings. The van der Waals surface area contributed by atoms with Gasteiger partial charge in [0.15, 0.2) is 0 Å². The van der Waals surface area contributed by atoms with E-state index in [1.165, 1.54) is 0 Å². The molecule has 1 aromatic carbocycles. The first-order valence-electron chi connectivity index (χ1n) is 7.62. The minimum absolute atomic E-state index is 0.0401. The van der Waals surface area contributed by atoms with Gasteiger partial charge in [0.1, 0.15) is 11.3 Å². The number of benzene rings is 1. The average Bonchev–Trinajstić information content (AvgIpc) is 2.83. The number of nitrogens with zero attached hydrogens (tertiary/aromatic N) is 3. The number of imidazole rings is 1. The number of hydrogen-bond donors (Lipinski definition) is 1. The van der Waals surface area contributed by atoms with E-state index in [1.807, 2.05) is 25.1 Å². The fourth-order valence-corrected chi connectivity index (χ4v) is 3.18. The molecule has 1 amide bonds. The van der Waals surface area contributed by atoms with E-state index in [1.54, 1.807) is 6.20 Å². The Kier molecular flexibility index (Phi) is 3.79. The molecule has 0 saturated carbocycles. The number of pyridine rings is 1. The van der Waals surface area contributed by atoms with Crippen molar-refractivity contribution in [3.05, 3.63) is 36.3 Å². The molecule has 0 saturated heterocycles.